The van der Waals surface area contributed by atoms with Gasteiger partial charge in [0.05, 0.1) is 5.03 Å². The maximum absolute atomic E-state index is 9.55. The van der Waals surface area contributed by atoms with E-state index in [1.165, 1.54) is 11.8 Å². The average Bonchev–Trinajstić information content (AvgIpc) is 2.47. The Bertz CT molecular complexity index is 719. The van der Waals surface area contributed by atoms with Gasteiger partial charge in [-0.2, -0.15) is 0 Å². The third kappa shape index (κ3) is 6.95. The first-order valence-corrected chi connectivity index (χ1v) is 7.88. The highest BCUT2D eigenvalue weighted by Gasteiger charge is 2.19. The Morgan fingerprint density at radius 1 is 1.17 bits per heavy atom. The van der Waals surface area contributed by atoms with E-state index in [9.17, 15) is 9.59 Å². The van der Waals surface area contributed by atoms with E-state index in [1.54, 1.807) is 24.3 Å². The summed E-state index contributed by atoms with van der Waals surface area (Å²) in [6.45, 7) is 0. The predicted octanol–water partition coefficient (Wildman–Crippen LogP) is 2.61. The normalized spacial score (nSPS) is 16.7. The zero-order valence-corrected chi connectivity index (χ0v) is 14.3. The number of nitrogens with zero attached hydrogens (tertiary/aromatic N) is 1. The second-order valence-corrected chi connectivity index (χ2v) is 6.24. The lowest BCUT2D eigenvalue weighted by atomic mass is 10.2. The van der Waals surface area contributed by atoms with Crippen LogP contribution in [-0.4, -0.2) is 28.0 Å². The maximum atomic E-state index is 9.55. The van der Waals surface area contributed by atoms with Crippen LogP contribution in [0.2, 0.25) is 10.0 Å². The number of thioether (sulfide) groups is 1. The minimum Gasteiger partial charge on any atom is -0.478 e. The molecule has 0 aliphatic carbocycles. The first-order valence-electron chi connectivity index (χ1n) is 6.25. The molecule has 10 heteroatoms. The van der Waals surface area contributed by atoms with Gasteiger partial charge in [0.1, 0.15) is 11.2 Å². The van der Waals surface area contributed by atoms with Crippen molar-refractivity contribution < 1.29 is 19.8 Å². The van der Waals surface area contributed by atoms with Crippen LogP contribution >= 0.6 is 35.0 Å². The number of halogens is 2. The fraction of sp³-hybridized carbons (Fsp3) is 0.0714. The molecular formula is C14H13Cl2N3O4S. The van der Waals surface area contributed by atoms with Gasteiger partial charge < -0.3 is 21.7 Å². The van der Waals surface area contributed by atoms with Crippen molar-refractivity contribution in [3.8, 4) is 0 Å². The van der Waals surface area contributed by atoms with E-state index in [1.807, 2.05) is 0 Å². The lowest BCUT2D eigenvalue weighted by molar-refractivity contribution is -0.134. The minimum atomic E-state index is -1.26. The van der Waals surface area contributed by atoms with Crippen molar-refractivity contribution in [1.82, 2.24) is 0 Å². The number of amidine groups is 1. The fourth-order valence-electron chi connectivity index (χ4n) is 1.49. The third-order valence-electron chi connectivity index (χ3n) is 2.40. The summed E-state index contributed by atoms with van der Waals surface area (Å²) >= 11 is 13.4. The molecule has 2 rings (SSSR count). The summed E-state index contributed by atoms with van der Waals surface area (Å²) in [6.07, 6.45) is 2.74. The van der Waals surface area contributed by atoms with Crippen molar-refractivity contribution in [2.45, 2.75) is 5.37 Å². The lowest BCUT2D eigenvalue weighted by Crippen LogP contribution is -2.16. The van der Waals surface area contributed by atoms with Crippen LogP contribution in [0.25, 0.3) is 0 Å². The largest absolute Gasteiger partial charge is 0.478 e. The van der Waals surface area contributed by atoms with E-state index in [2.05, 4.69) is 4.99 Å². The molecule has 128 valence electrons. The van der Waals surface area contributed by atoms with E-state index in [4.69, 9.17) is 44.9 Å². The molecule has 0 saturated carbocycles. The van der Waals surface area contributed by atoms with Crippen LogP contribution in [0, 0.1) is 0 Å². The number of hydrogen-bond acceptors (Lipinski definition) is 6. The molecule has 7 nitrogen and oxygen atoms in total. The van der Waals surface area contributed by atoms with E-state index in [-0.39, 0.29) is 5.37 Å². The molecule has 1 aliphatic heterocycles. The first-order chi connectivity index (χ1) is 11.2. The predicted molar refractivity (Wildman–Crippen MR) is 95.1 cm³/mol. The molecule has 24 heavy (non-hydrogen) atoms. The molecular weight excluding hydrogens is 377 g/mol. The molecule has 0 aromatic heterocycles. The molecule has 1 atom stereocenters. The van der Waals surface area contributed by atoms with E-state index < -0.39 is 11.9 Å². The molecule has 1 aliphatic rings. The monoisotopic (exact) mass is 389 g/mol. The molecule has 0 radical (unpaired) electrons. The van der Waals surface area contributed by atoms with Crippen LogP contribution in [0.1, 0.15) is 10.9 Å². The zero-order chi connectivity index (χ0) is 18.3. The summed E-state index contributed by atoms with van der Waals surface area (Å²) in [6, 6.07) is 5.24. The van der Waals surface area contributed by atoms with Gasteiger partial charge in [-0.25, -0.2) is 14.6 Å². The third-order valence-corrected chi connectivity index (χ3v) is 3.95. The van der Waals surface area contributed by atoms with Crippen LogP contribution < -0.4 is 11.5 Å². The molecule has 1 heterocycles. The number of carboxylic acid groups (broad SMARTS) is 2. The number of aliphatic carboxylic acids is 2. The molecule has 0 saturated heterocycles. The van der Waals surface area contributed by atoms with Crippen LogP contribution in [-0.2, 0) is 9.59 Å². The van der Waals surface area contributed by atoms with Gasteiger partial charge in [-0.15, -0.1) is 0 Å². The number of aliphatic imine (C=N–C) groups is 1. The van der Waals surface area contributed by atoms with E-state index in [0.717, 1.165) is 5.56 Å². The van der Waals surface area contributed by atoms with Crippen LogP contribution in [0.15, 0.2) is 46.4 Å². The number of carboxylic acids is 2. The summed E-state index contributed by atoms with van der Waals surface area (Å²) in [5.41, 5.74) is 12.2. The molecule has 1 unspecified atom stereocenters. The van der Waals surface area contributed by atoms with Gasteiger partial charge in [-0.3, -0.25) is 0 Å². The van der Waals surface area contributed by atoms with Crippen LogP contribution in [0.3, 0.4) is 0 Å². The SMILES string of the molecule is NC1=CC(N)=NC(c2cc(Cl)ccc2Cl)S1.O=C(O)/C=C\C(=O)O. The number of hydrogen-bond donors (Lipinski definition) is 4. The second kappa shape index (κ2) is 9.21. The maximum Gasteiger partial charge on any atom is 0.328 e. The van der Waals surface area contributed by atoms with Crippen molar-refractivity contribution in [3.63, 3.8) is 0 Å². The highest BCUT2D eigenvalue weighted by molar-refractivity contribution is 8.03. The Hall–Kier alpha value is -2.16. The molecule has 0 amide bonds. The van der Waals surface area contributed by atoms with E-state index >= 15 is 0 Å². The molecule has 0 fully saturated rings. The molecule has 1 aromatic carbocycles. The smallest absolute Gasteiger partial charge is 0.328 e. The van der Waals surface area contributed by atoms with Gasteiger partial charge in [-0.1, -0.05) is 35.0 Å². The van der Waals surface area contributed by atoms with Crippen molar-refractivity contribution in [2.75, 3.05) is 0 Å². The fourth-order valence-corrected chi connectivity index (χ4v) is 2.90. The summed E-state index contributed by atoms with van der Waals surface area (Å²) in [5, 5.41) is 17.2. The number of carbonyl (C=O) groups is 2. The van der Waals surface area contributed by atoms with Gasteiger partial charge in [0.2, 0.25) is 0 Å². The topological polar surface area (TPSA) is 139 Å². The van der Waals surface area contributed by atoms with Crippen LogP contribution in [0.5, 0.6) is 0 Å². The Balaban J connectivity index is 0.000000307. The van der Waals surface area contributed by atoms with Crippen molar-refractivity contribution >= 4 is 52.7 Å². The molecule has 0 bridgehead atoms. The van der Waals surface area contributed by atoms with Gasteiger partial charge in [0, 0.05) is 33.8 Å². The first kappa shape index (κ1) is 19.9. The Labute approximate surface area is 151 Å². The Kier molecular flexibility index (Phi) is 7.63. The Morgan fingerprint density at radius 3 is 2.25 bits per heavy atom. The zero-order valence-electron chi connectivity index (χ0n) is 12.0. The minimum absolute atomic E-state index is 0.226. The summed E-state index contributed by atoms with van der Waals surface area (Å²) < 4.78 is 0. The molecule has 6 N–H and O–H groups in total. The number of nitrogens with two attached hydrogens (primary N) is 2. The van der Waals surface area contributed by atoms with Crippen molar-refractivity contribution in [3.05, 3.63) is 57.1 Å². The quantitative estimate of drug-likeness (QED) is 0.582. The number of rotatable bonds is 3. The molecule has 0 spiro atoms. The summed E-state index contributed by atoms with van der Waals surface area (Å²) in [5.74, 6) is -2.11. The van der Waals surface area contributed by atoms with Gasteiger partial charge in [-0.05, 0) is 18.2 Å². The average molecular weight is 390 g/mol. The number of benzene rings is 1. The van der Waals surface area contributed by atoms with Gasteiger partial charge in [0.15, 0.2) is 0 Å². The molecule has 1 aromatic rings. The summed E-state index contributed by atoms with van der Waals surface area (Å²) in [4.78, 5) is 23.4. The van der Waals surface area contributed by atoms with Crippen molar-refractivity contribution in [1.29, 1.82) is 0 Å². The van der Waals surface area contributed by atoms with Gasteiger partial charge >= 0.3 is 11.9 Å². The summed E-state index contributed by atoms with van der Waals surface area (Å²) in [7, 11) is 0. The van der Waals surface area contributed by atoms with Gasteiger partial charge in [0.25, 0.3) is 0 Å². The van der Waals surface area contributed by atoms with Crippen molar-refractivity contribution in [2.24, 2.45) is 16.5 Å². The Morgan fingerprint density at radius 2 is 1.75 bits per heavy atom. The van der Waals surface area contributed by atoms with E-state index in [0.29, 0.717) is 33.1 Å². The van der Waals surface area contributed by atoms with Crippen LogP contribution in [0.4, 0.5) is 0 Å². The second-order valence-electron chi connectivity index (χ2n) is 4.25. The highest BCUT2D eigenvalue weighted by Crippen LogP contribution is 2.40. The standard InChI is InChI=1S/C10H9Cl2N3S.C4H4O4/c11-5-1-2-7(12)6(3-5)10-15-8(13)4-9(14)16-10;5-3(6)1-2-4(7)8/h1-4,10H,14H2,(H2,13,15);1-2H,(H,5,6)(H,7,8)/b;2-1-. The highest BCUT2D eigenvalue weighted by atomic mass is 35.5. The lowest BCUT2D eigenvalue weighted by Gasteiger charge is -2.18.